The molecule has 0 saturated carbocycles. The molecule has 1 aromatic heterocycles. The molecule has 0 fully saturated rings. The first-order chi connectivity index (χ1) is 8.54. The molecule has 0 amide bonds. The fourth-order valence-corrected chi connectivity index (χ4v) is 3.05. The van der Waals surface area contributed by atoms with E-state index >= 15 is 0 Å². The van der Waals surface area contributed by atoms with Crippen molar-refractivity contribution in [3.63, 3.8) is 0 Å². The molecule has 1 aromatic carbocycles. The SMILES string of the molecule is CNC(C)c1sc(-c2cccc(Cl)c2F)nc1C. The van der Waals surface area contributed by atoms with E-state index in [-0.39, 0.29) is 11.1 Å². The molecule has 1 N–H and O–H groups in total. The minimum absolute atomic E-state index is 0.128. The Morgan fingerprint density at radius 2 is 2.17 bits per heavy atom. The van der Waals surface area contributed by atoms with Crippen LogP contribution in [-0.4, -0.2) is 12.0 Å². The van der Waals surface area contributed by atoms with E-state index in [9.17, 15) is 4.39 Å². The van der Waals surface area contributed by atoms with Gasteiger partial charge in [0.15, 0.2) is 5.82 Å². The molecule has 0 spiro atoms. The van der Waals surface area contributed by atoms with Crippen molar-refractivity contribution in [2.45, 2.75) is 19.9 Å². The summed E-state index contributed by atoms with van der Waals surface area (Å²) in [6.07, 6.45) is 0. The zero-order chi connectivity index (χ0) is 13.3. The van der Waals surface area contributed by atoms with Gasteiger partial charge in [-0.05, 0) is 33.0 Å². The Labute approximate surface area is 115 Å². The highest BCUT2D eigenvalue weighted by Crippen LogP contribution is 2.34. The molecule has 0 aliphatic rings. The molecule has 18 heavy (non-hydrogen) atoms. The highest BCUT2D eigenvalue weighted by atomic mass is 35.5. The highest BCUT2D eigenvalue weighted by Gasteiger charge is 2.17. The smallest absolute Gasteiger partial charge is 0.152 e. The highest BCUT2D eigenvalue weighted by molar-refractivity contribution is 7.15. The lowest BCUT2D eigenvalue weighted by atomic mass is 10.2. The predicted molar refractivity (Wildman–Crippen MR) is 74.7 cm³/mol. The lowest BCUT2D eigenvalue weighted by Crippen LogP contribution is -2.11. The molecular formula is C13H14ClFN2S. The van der Waals surface area contributed by atoms with Gasteiger partial charge in [-0.2, -0.15) is 0 Å². The first kappa shape index (κ1) is 13.5. The van der Waals surface area contributed by atoms with E-state index in [1.54, 1.807) is 12.1 Å². The molecule has 2 rings (SSSR count). The molecule has 96 valence electrons. The maximum atomic E-state index is 13.9. The van der Waals surface area contributed by atoms with Gasteiger partial charge in [0.25, 0.3) is 0 Å². The minimum Gasteiger partial charge on any atom is -0.312 e. The zero-order valence-electron chi connectivity index (χ0n) is 10.4. The lowest BCUT2D eigenvalue weighted by Gasteiger charge is -2.07. The second-order valence-electron chi connectivity index (χ2n) is 4.08. The summed E-state index contributed by atoms with van der Waals surface area (Å²) in [6.45, 7) is 3.99. The quantitative estimate of drug-likeness (QED) is 0.914. The molecule has 1 atom stereocenters. The third-order valence-corrected chi connectivity index (χ3v) is 4.51. The zero-order valence-corrected chi connectivity index (χ0v) is 12.0. The number of hydrogen-bond donors (Lipinski definition) is 1. The number of nitrogens with zero attached hydrogens (tertiary/aromatic N) is 1. The van der Waals surface area contributed by atoms with Crippen LogP contribution in [0.2, 0.25) is 5.02 Å². The van der Waals surface area contributed by atoms with Crippen molar-refractivity contribution in [1.29, 1.82) is 0 Å². The van der Waals surface area contributed by atoms with E-state index in [1.165, 1.54) is 17.4 Å². The van der Waals surface area contributed by atoms with Gasteiger partial charge >= 0.3 is 0 Å². The number of aromatic nitrogens is 1. The Bertz CT molecular complexity index is 568. The van der Waals surface area contributed by atoms with Crippen LogP contribution in [0.3, 0.4) is 0 Å². The second-order valence-corrected chi connectivity index (χ2v) is 5.52. The standard InChI is InChI=1S/C13H14ClFN2S/c1-7(16-3)12-8(2)17-13(18-12)9-5-4-6-10(14)11(9)15/h4-7,16H,1-3H3. The van der Waals surface area contributed by atoms with Crippen LogP contribution in [0.5, 0.6) is 0 Å². The summed E-state index contributed by atoms with van der Waals surface area (Å²) in [5.41, 5.74) is 1.39. The van der Waals surface area contributed by atoms with Gasteiger partial charge in [0.1, 0.15) is 5.01 Å². The number of halogens is 2. The van der Waals surface area contributed by atoms with E-state index < -0.39 is 5.82 Å². The van der Waals surface area contributed by atoms with Crippen LogP contribution in [0.25, 0.3) is 10.6 Å². The molecule has 0 radical (unpaired) electrons. The van der Waals surface area contributed by atoms with Crippen LogP contribution < -0.4 is 5.32 Å². The molecule has 5 heteroatoms. The van der Waals surface area contributed by atoms with Gasteiger partial charge < -0.3 is 5.32 Å². The Morgan fingerprint density at radius 1 is 1.44 bits per heavy atom. The van der Waals surface area contributed by atoms with E-state index in [4.69, 9.17) is 11.6 Å². The van der Waals surface area contributed by atoms with Gasteiger partial charge in [-0.1, -0.05) is 17.7 Å². The van der Waals surface area contributed by atoms with Gasteiger partial charge in [-0.25, -0.2) is 9.37 Å². The number of aryl methyl sites for hydroxylation is 1. The summed E-state index contributed by atoms with van der Waals surface area (Å²) in [6, 6.07) is 5.18. The average molecular weight is 285 g/mol. The summed E-state index contributed by atoms with van der Waals surface area (Å²) < 4.78 is 13.9. The summed E-state index contributed by atoms with van der Waals surface area (Å²) in [5, 5.41) is 3.96. The monoisotopic (exact) mass is 284 g/mol. The Kier molecular flexibility index (Phi) is 4.00. The number of rotatable bonds is 3. The van der Waals surface area contributed by atoms with Gasteiger partial charge in [-0.3, -0.25) is 0 Å². The van der Waals surface area contributed by atoms with Gasteiger partial charge in [-0.15, -0.1) is 11.3 Å². The summed E-state index contributed by atoms with van der Waals surface area (Å²) in [5.74, 6) is -0.406. The van der Waals surface area contributed by atoms with Crippen LogP contribution in [-0.2, 0) is 0 Å². The van der Waals surface area contributed by atoms with Gasteiger partial charge in [0.2, 0.25) is 0 Å². The Hall–Kier alpha value is -0.970. The largest absolute Gasteiger partial charge is 0.312 e. The summed E-state index contributed by atoms with van der Waals surface area (Å²) in [7, 11) is 1.89. The molecule has 1 unspecified atom stereocenters. The van der Waals surface area contributed by atoms with Gasteiger partial charge in [0.05, 0.1) is 10.7 Å². The molecule has 0 saturated heterocycles. The van der Waals surface area contributed by atoms with Crippen molar-refractivity contribution in [1.82, 2.24) is 10.3 Å². The molecule has 2 nitrogen and oxygen atoms in total. The Balaban J connectivity index is 2.49. The molecule has 0 aliphatic heterocycles. The topological polar surface area (TPSA) is 24.9 Å². The second kappa shape index (κ2) is 5.34. The Morgan fingerprint density at radius 3 is 2.83 bits per heavy atom. The summed E-state index contributed by atoms with van der Waals surface area (Å²) >= 11 is 7.29. The average Bonchev–Trinajstić information content (AvgIpc) is 2.73. The van der Waals surface area contributed by atoms with E-state index in [0.29, 0.717) is 10.6 Å². The number of benzene rings is 1. The number of thiazole rings is 1. The fraction of sp³-hybridized carbons (Fsp3) is 0.308. The van der Waals surface area contributed by atoms with E-state index in [1.807, 2.05) is 14.0 Å². The normalized spacial score (nSPS) is 12.7. The third-order valence-electron chi connectivity index (χ3n) is 2.84. The third kappa shape index (κ3) is 2.41. The summed E-state index contributed by atoms with van der Waals surface area (Å²) in [4.78, 5) is 5.55. The van der Waals surface area contributed by atoms with Crippen molar-refractivity contribution in [3.8, 4) is 10.6 Å². The van der Waals surface area contributed by atoms with Crippen molar-refractivity contribution in [3.05, 3.63) is 39.6 Å². The predicted octanol–water partition coefficient (Wildman–Crippen LogP) is 4.19. The van der Waals surface area contributed by atoms with E-state index in [2.05, 4.69) is 17.2 Å². The maximum absolute atomic E-state index is 13.9. The first-order valence-electron chi connectivity index (χ1n) is 5.63. The number of nitrogens with one attached hydrogen (secondary N) is 1. The van der Waals surface area contributed by atoms with Gasteiger partial charge in [0, 0.05) is 16.5 Å². The minimum atomic E-state index is -0.406. The maximum Gasteiger partial charge on any atom is 0.152 e. The number of hydrogen-bond acceptors (Lipinski definition) is 3. The molecule has 1 heterocycles. The molecule has 0 aliphatic carbocycles. The van der Waals surface area contributed by atoms with Crippen molar-refractivity contribution >= 4 is 22.9 Å². The van der Waals surface area contributed by atoms with Crippen molar-refractivity contribution in [2.75, 3.05) is 7.05 Å². The fourth-order valence-electron chi connectivity index (χ4n) is 1.73. The van der Waals surface area contributed by atoms with Crippen LogP contribution in [0, 0.1) is 12.7 Å². The lowest BCUT2D eigenvalue weighted by molar-refractivity contribution is 0.631. The molecule has 0 bridgehead atoms. The van der Waals surface area contributed by atoms with Crippen molar-refractivity contribution in [2.24, 2.45) is 0 Å². The van der Waals surface area contributed by atoms with Crippen LogP contribution >= 0.6 is 22.9 Å². The van der Waals surface area contributed by atoms with Crippen LogP contribution in [0.15, 0.2) is 18.2 Å². The van der Waals surface area contributed by atoms with E-state index in [0.717, 1.165) is 10.6 Å². The molecular weight excluding hydrogens is 271 g/mol. The van der Waals surface area contributed by atoms with Crippen molar-refractivity contribution < 1.29 is 4.39 Å². The van der Waals surface area contributed by atoms with Crippen LogP contribution in [0.1, 0.15) is 23.5 Å². The first-order valence-corrected chi connectivity index (χ1v) is 6.83. The molecule has 2 aromatic rings. The van der Waals surface area contributed by atoms with Crippen LogP contribution in [0.4, 0.5) is 4.39 Å².